The number of hydrogen-bond acceptors (Lipinski definition) is 5. The molecule has 0 amide bonds. The number of piperidine rings is 1. The molecule has 0 bridgehead atoms. The second-order valence-corrected chi connectivity index (χ2v) is 6.17. The van der Waals surface area contributed by atoms with Gasteiger partial charge in [-0.3, -0.25) is 0 Å². The molecule has 1 aromatic carbocycles. The van der Waals surface area contributed by atoms with Gasteiger partial charge in [-0.2, -0.15) is 5.10 Å². The normalized spacial score (nSPS) is 17.8. The maximum absolute atomic E-state index is 13.8. The van der Waals surface area contributed by atoms with Crippen LogP contribution in [0.4, 0.5) is 10.2 Å². The Labute approximate surface area is 141 Å². The molecule has 6 heteroatoms. The van der Waals surface area contributed by atoms with Crippen molar-refractivity contribution in [1.29, 1.82) is 0 Å². The minimum atomic E-state index is -0.322. The summed E-state index contributed by atoms with van der Waals surface area (Å²) in [7, 11) is 1.47. The lowest BCUT2D eigenvalue weighted by Gasteiger charge is -2.33. The summed E-state index contributed by atoms with van der Waals surface area (Å²) in [4.78, 5) is 2.25. The Balaban J connectivity index is 1.57. The van der Waals surface area contributed by atoms with Crippen molar-refractivity contribution in [2.45, 2.75) is 32.4 Å². The minimum Gasteiger partial charge on any atom is -0.494 e. The average molecular weight is 330 g/mol. The number of anilines is 1. The third-order valence-corrected chi connectivity index (χ3v) is 4.34. The Bertz CT molecular complexity index is 677. The van der Waals surface area contributed by atoms with E-state index in [0.29, 0.717) is 12.6 Å². The number of ether oxygens (including phenoxy) is 1. The van der Waals surface area contributed by atoms with E-state index >= 15 is 0 Å². The van der Waals surface area contributed by atoms with E-state index in [2.05, 4.69) is 20.4 Å². The first-order valence-corrected chi connectivity index (χ1v) is 8.27. The van der Waals surface area contributed by atoms with Crippen LogP contribution in [0.3, 0.4) is 0 Å². The molecule has 1 fully saturated rings. The van der Waals surface area contributed by atoms with Crippen molar-refractivity contribution in [2.75, 3.05) is 25.1 Å². The molecule has 1 saturated heterocycles. The average Bonchev–Trinajstić information content (AvgIpc) is 2.61. The van der Waals surface area contributed by atoms with Crippen molar-refractivity contribution in [1.82, 2.24) is 15.5 Å². The largest absolute Gasteiger partial charge is 0.494 e. The lowest BCUT2D eigenvalue weighted by atomic mass is 10.1. The van der Waals surface area contributed by atoms with E-state index in [-0.39, 0.29) is 11.6 Å². The Morgan fingerprint density at radius 1 is 1.29 bits per heavy atom. The number of hydrogen-bond donors (Lipinski definition) is 1. The maximum Gasteiger partial charge on any atom is 0.165 e. The third-order valence-electron chi connectivity index (χ3n) is 4.34. The van der Waals surface area contributed by atoms with Gasteiger partial charge in [0.1, 0.15) is 0 Å². The lowest BCUT2D eigenvalue weighted by molar-refractivity contribution is 0.385. The van der Waals surface area contributed by atoms with E-state index < -0.39 is 0 Å². The third kappa shape index (κ3) is 4.00. The molecule has 2 heterocycles. The molecule has 0 unspecified atom stereocenters. The van der Waals surface area contributed by atoms with Crippen LogP contribution in [-0.2, 0) is 6.54 Å². The number of aryl methyl sites for hydroxylation is 1. The summed E-state index contributed by atoms with van der Waals surface area (Å²) in [6.07, 6.45) is 2.21. The zero-order valence-corrected chi connectivity index (χ0v) is 14.1. The zero-order valence-electron chi connectivity index (χ0n) is 14.1. The van der Waals surface area contributed by atoms with Crippen molar-refractivity contribution >= 4 is 5.82 Å². The predicted octanol–water partition coefficient (Wildman–Crippen LogP) is 2.69. The van der Waals surface area contributed by atoms with E-state index in [1.54, 1.807) is 6.07 Å². The summed E-state index contributed by atoms with van der Waals surface area (Å²) in [6.45, 7) is 4.45. The summed E-state index contributed by atoms with van der Waals surface area (Å²) in [5.74, 6) is 0.875. The second-order valence-electron chi connectivity index (χ2n) is 6.17. The number of nitrogens with zero attached hydrogens (tertiary/aromatic N) is 3. The minimum absolute atomic E-state index is 0.278. The van der Waals surface area contributed by atoms with Gasteiger partial charge in [0, 0.05) is 25.7 Å². The molecule has 0 aliphatic carbocycles. The number of benzene rings is 1. The highest BCUT2D eigenvalue weighted by molar-refractivity contribution is 5.38. The summed E-state index contributed by atoms with van der Waals surface area (Å²) >= 11 is 0. The topological polar surface area (TPSA) is 50.3 Å². The van der Waals surface area contributed by atoms with Gasteiger partial charge in [-0.25, -0.2) is 4.39 Å². The predicted molar refractivity (Wildman–Crippen MR) is 91.8 cm³/mol. The van der Waals surface area contributed by atoms with Crippen molar-refractivity contribution in [3.05, 3.63) is 47.4 Å². The van der Waals surface area contributed by atoms with E-state index in [9.17, 15) is 4.39 Å². The van der Waals surface area contributed by atoms with Crippen LogP contribution < -0.4 is 15.0 Å². The van der Waals surface area contributed by atoms with Crippen molar-refractivity contribution < 1.29 is 9.13 Å². The molecule has 3 rings (SSSR count). The molecule has 128 valence electrons. The molecular formula is C18H23FN4O. The molecule has 0 spiro atoms. The van der Waals surface area contributed by atoms with Crippen LogP contribution in [0.25, 0.3) is 0 Å². The number of aromatic nitrogens is 2. The molecule has 5 nitrogen and oxygen atoms in total. The van der Waals surface area contributed by atoms with Gasteiger partial charge in [-0.15, -0.1) is 5.10 Å². The van der Waals surface area contributed by atoms with Crippen molar-refractivity contribution in [3.8, 4) is 5.75 Å². The maximum atomic E-state index is 13.8. The fourth-order valence-corrected chi connectivity index (χ4v) is 2.99. The van der Waals surface area contributed by atoms with E-state index in [1.165, 1.54) is 13.2 Å². The lowest BCUT2D eigenvalue weighted by Crippen LogP contribution is -2.45. The standard InChI is InChI=1S/C18H23FN4O/c1-13-5-8-18(22-21-13)23-9-3-4-15(12-23)20-11-14-6-7-17(24-2)16(19)10-14/h5-8,10,15,20H,3-4,9,11-12H2,1-2H3/t15-/m1/s1. The Morgan fingerprint density at radius 2 is 2.17 bits per heavy atom. The molecule has 2 aromatic rings. The fraction of sp³-hybridized carbons (Fsp3) is 0.444. The molecule has 1 N–H and O–H groups in total. The van der Waals surface area contributed by atoms with E-state index in [4.69, 9.17) is 4.74 Å². The van der Waals surface area contributed by atoms with Gasteiger partial charge in [-0.05, 0) is 49.6 Å². The van der Waals surface area contributed by atoms with Crippen LogP contribution >= 0.6 is 0 Å². The Kier molecular flexibility index (Phi) is 5.25. The molecule has 1 aliphatic rings. The number of nitrogens with one attached hydrogen (secondary N) is 1. The molecular weight excluding hydrogens is 307 g/mol. The summed E-state index contributed by atoms with van der Waals surface area (Å²) in [6, 6.07) is 9.44. The van der Waals surface area contributed by atoms with Gasteiger partial charge in [-0.1, -0.05) is 6.07 Å². The van der Waals surface area contributed by atoms with Gasteiger partial charge < -0.3 is 15.0 Å². The smallest absolute Gasteiger partial charge is 0.165 e. The Morgan fingerprint density at radius 3 is 2.88 bits per heavy atom. The highest BCUT2D eigenvalue weighted by atomic mass is 19.1. The van der Waals surface area contributed by atoms with E-state index in [1.807, 2.05) is 25.1 Å². The second kappa shape index (κ2) is 7.57. The van der Waals surface area contributed by atoms with Crippen LogP contribution in [0.5, 0.6) is 5.75 Å². The highest BCUT2D eigenvalue weighted by Crippen LogP contribution is 2.19. The molecule has 24 heavy (non-hydrogen) atoms. The van der Waals surface area contributed by atoms with E-state index in [0.717, 1.165) is 43.0 Å². The summed E-state index contributed by atoms with van der Waals surface area (Å²) < 4.78 is 18.7. The van der Waals surface area contributed by atoms with Crippen LogP contribution in [0.1, 0.15) is 24.1 Å². The van der Waals surface area contributed by atoms with Crippen LogP contribution in [0, 0.1) is 12.7 Å². The van der Waals surface area contributed by atoms with Gasteiger partial charge >= 0.3 is 0 Å². The van der Waals surface area contributed by atoms with Crippen molar-refractivity contribution in [2.24, 2.45) is 0 Å². The first-order valence-electron chi connectivity index (χ1n) is 8.27. The monoisotopic (exact) mass is 330 g/mol. The highest BCUT2D eigenvalue weighted by Gasteiger charge is 2.20. The Hall–Kier alpha value is -2.21. The van der Waals surface area contributed by atoms with Gasteiger partial charge in [0.25, 0.3) is 0 Å². The summed E-state index contributed by atoms with van der Waals surface area (Å²) in [5, 5.41) is 11.9. The molecule has 1 aliphatic heterocycles. The zero-order chi connectivity index (χ0) is 16.9. The fourth-order valence-electron chi connectivity index (χ4n) is 2.99. The van der Waals surface area contributed by atoms with Gasteiger partial charge in [0.05, 0.1) is 12.8 Å². The first-order chi connectivity index (χ1) is 11.7. The van der Waals surface area contributed by atoms with Crippen molar-refractivity contribution in [3.63, 3.8) is 0 Å². The summed E-state index contributed by atoms with van der Waals surface area (Å²) in [5.41, 5.74) is 1.84. The van der Waals surface area contributed by atoms with Crippen LogP contribution in [-0.4, -0.2) is 36.4 Å². The molecule has 0 radical (unpaired) electrons. The molecule has 1 atom stereocenters. The molecule has 1 aromatic heterocycles. The number of halogens is 1. The number of methoxy groups -OCH3 is 1. The first kappa shape index (κ1) is 16.6. The quantitative estimate of drug-likeness (QED) is 0.913. The number of rotatable bonds is 5. The molecule has 0 saturated carbocycles. The van der Waals surface area contributed by atoms with Gasteiger partial charge in [0.2, 0.25) is 0 Å². The van der Waals surface area contributed by atoms with Crippen LogP contribution in [0.15, 0.2) is 30.3 Å². The van der Waals surface area contributed by atoms with Crippen LogP contribution in [0.2, 0.25) is 0 Å². The SMILES string of the molecule is COc1ccc(CN[C@@H]2CCCN(c3ccc(C)nn3)C2)cc1F. The van der Waals surface area contributed by atoms with Gasteiger partial charge in [0.15, 0.2) is 17.4 Å².